The van der Waals surface area contributed by atoms with Crippen LogP contribution in [0.5, 0.6) is 0 Å². The van der Waals surface area contributed by atoms with E-state index >= 15 is 0 Å². The molecule has 138 valence electrons. The van der Waals surface area contributed by atoms with Crippen molar-refractivity contribution in [2.24, 2.45) is 5.92 Å². The first-order valence-electron chi connectivity index (χ1n) is 9.65. The Morgan fingerprint density at radius 2 is 1.96 bits per heavy atom. The van der Waals surface area contributed by atoms with Gasteiger partial charge in [0.05, 0.1) is 18.7 Å². The van der Waals surface area contributed by atoms with Crippen LogP contribution in [0.3, 0.4) is 0 Å². The molecular formula is C21H28N4O. The third-order valence-corrected chi connectivity index (χ3v) is 5.83. The number of rotatable bonds is 5. The van der Waals surface area contributed by atoms with Crippen LogP contribution >= 0.6 is 0 Å². The molecular weight excluding hydrogens is 324 g/mol. The molecule has 0 spiro atoms. The average molecular weight is 352 g/mol. The van der Waals surface area contributed by atoms with Crippen molar-refractivity contribution in [2.75, 3.05) is 23.4 Å². The van der Waals surface area contributed by atoms with Crippen molar-refractivity contribution >= 4 is 11.8 Å². The molecule has 5 rings (SSSR count). The molecule has 2 aromatic rings. The Bertz CT molecular complexity index is 791. The van der Waals surface area contributed by atoms with Gasteiger partial charge < -0.3 is 15.3 Å². The summed E-state index contributed by atoms with van der Waals surface area (Å²) in [6.07, 6.45) is 2.44. The fourth-order valence-electron chi connectivity index (χ4n) is 4.34. The Morgan fingerprint density at radius 3 is 2.69 bits per heavy atom. The monoisotopic (exact) mass is 352 g/mol. The number of benzene rings is 1. The average Bonchev–Trinajstić information content (AvgIpc) is 2.66. The quantitative estimate of drug-likeness (QED) is 0.860. The van der Waals surface area contributed by atoms with Gasteiger partial charge in [0.2, 0.25) is 5.95 Å². The highest BCUT2D eigenvalue weighted by atomic mass is 16.3. The first-order chi connectivity index (χ1) is 12.6. The lowest BCUT2D eigenvalue weighted by atomic mass is 9.75. The van der Waals surface area contributed by atoms with Crippen LogP contribution in [-0.4, -0.2) is 34.3 Å². The van der Waals surface area contributed by atoms with Crippen LogP contribution in [0.1, 0.15) is 55.5 Å². The molecule has 5 nitrogen and oxygen atoms in total. The molecule has 2 bridgehead atoms. The predicted octanol–water partition coefficient (Wildman–Crippen LogP) is 3.65. The van der Waals surface area contributed by atoms with Crippen LogP contribution < -0.4 is 10.2 Å². The van der Waals surface area contributed by atoms with E-state index in [1.807, 2.05) is 6.92 Å². The summed E-state index contributed by atoms with van der Waals surface area (Å²) in [6.45, 7) is 7.28. The van der Waals surface area contributed by atoms with Gasteiger partial charge in [0.1, 0.15) is 5.82 Å². The second-order valence-corrected chi connectivity index (χ2v) is 7.94. The molecule has 3 atom stereocenters. The standard InChI is InChI=1S/C21H28N4O/c1-13(2)18(12-26)23-21-22-14(3)10-20(24-21)25-11-15-8-9-19(25)17-7-5-4-6-16(15)17/h4-7,10,13,15,18-19,26H,8-9,11-12H2,1-3H3,(H,22,23,24)/t15-,18-,19+/m1/s1. The molecule has 2 aliphatic heterocycles. The van der Waals surface area contributed by atoms with Gasteiger partial charge >= 0.3 is 0 Å². The predicted molar refractivity (Wildman–Crippen MR) is 105 cm³/mol. The zero-order chi connectivity index (χ0) is 18.3. The normalized spacial score (nSPS) is 22.4. The first kappa shape index (κ1) is 17.3. The maximum absolute atomic E-state index is 9.61. The van der Waals surface area contributed by atoms with Crippen LogP contribution in [0.4, 0.5) is 11.8 Å². The van der Waals surface area contributed by atoms with E-state index in [0.29, 0.717) is 23.8 Å². The van der Waals surface area contributed by atoms with E-state index in [2.05, 4.69) is 59.4 Å². The summed E-state index contributed by atoms with van der Waals surface area (Å²) < 4.78 is 0. The Balaban J connectivity index is 1.65. The van der Waals surface area contributed by atoms with Gasteiger partial charge in [-0.2, -0.15) is 4.98 Å². The van der Waals surface area contributed by atoms with Crippen LogP contribution in [-0.2, 0) is 0 Å². The fraction of sp³-hybridized carbons (Fsp3) is 0.524. The number of aryl methyl sites for hydroxylation is 1. The minimum absolute atomic E-state index is 0.0387. The number of hydrogen-bond donors (Lipinski definition) is 2. The number of hydrogen-bond acceptors (Lipinski definition) is 5. The van der Waals surface area contributed by atoms with Crippen molar-refractivity contribution < 1.29 is 5.11 Å². The van der Waals surface area contributed by atoms with E-state index in [9.17, 15) is 5.11 Å². The third kappa shape index (κ3) is 3.05. The number of fused-ring (bicyclic) bond motifs is 2. The highest BCUT2D eigenvalue weighted by Crippen LogP contribution is 2.47. The molecule has 1 aromatic heterocycles. The van der Waals surface area contributed by atoms with E-state index < -0.39 is 0 Å². The molecule has 0 saturated carbocycles. The van der Waals surface area contributed by atoms with Gasteiger partial charge in [-0.1, -0.05) is 38.1 Å². The Hall–Kier alpha value is -2.14. The molecule has 3 heterocycles. The number of piperidine rings is 1. The maximum atomic E-state index is 9.61. The minimum atomic E-state index is -0.0387. The van der Waals surface area contributed by atoms with Crippen molar-refractivity contribution in [3.8, 4) is 0 Å². The summed E-state index contributed by atoms with van der Waals surface area (Å²) in [5, 5.41) is 12.9. The molecule has 0 radical (unpaired) electrons. The Morgan fingerprint density at radius 1 is 1.19 bits per heavy atom. The molecule has 1 saturated heterocycles. The first-order valence-corrected chi connectivity index (χ1v) is 9.65. The van der Waals surface area contributed by atoms with Crippen molar-refractivity contribution in [1.29, 1.82) is 0 Å². The third-order valence-electron chi connectivity index (χ3n) is 5.83. The Labute approximate surface area is 155 Å². The highest BCUT2D eigenvalue weighted by Gasteiger charge is 2.38. The van der Waals surface area contributed by atoms with Gasteiger partial charge in [0, 0.05) is 24.2 Å². The summed E-state index contributed by atoms with van der Waals surface area (Å²) >= 11 is 0. The largest absolute Gasteiger partial charge is 0.394 e. The van der Waals surface area contributed by atoms with Crippen molar-refractivity contribution in [2.45, 2.75) is 51.6 Å². The van der Waals surface area contributed by atoms with E-state index in [1.54, 1.807) is 0 Å². The summed E-state index contributed by atoms with van der Waals surface area (Å²) in [6, 6.07) is 11.3. The summed E-state index contributed by atoms with van der Waals surface area (Å²) in [5.74, 6) is 2.50. The van der Waals surface area contributed by atoms with Crippen molar-refractivity contribution in [1.82, 2.24) is 9.97 Å². The van der Waals surface area contributed by atoms with Crippen LogP contribution in [0, 0.1) is 12.8 Å². The summed E-state index contributed by atoms with van der Waals surface area (Å²) in [5.41, 5.74) is 3.92. The van der Waals surface area contributed by atoms with E-state index in [1.165, 1.54) is 24.0 Å². The van der Waals surface area contributed by atoms with Crippen molar-refractivity contribution in [3.63, 3.8) is 0 Å². The minimum Gasteiger partial charge on any atom is -0.394 e. The molecule has 1 aromatic carbocycles. The number of anilines is 2. The lowest BCUT2D eigenvalue weighted by Gasteiger charge is -2.47. The lowest BCUT2D eigenvalue weighted by Crippen LogP contribution is -2.43. The van der Waals surface area contributed by atoms with E-state index in [0.717, 1.165) is 18.1 Å². The van der Waals surface area contributed by atoms with Crippen LogP contribution in [0.15, 0.2) is 30.3 Å². The topological polar surface area (TPSA) is 61.3 Å². The van der Waals surface area contributed by atoms with E-state index in [-0.39, 0.29) is 12.6 Å². The van der Waals surface area contributed by atoms with E-state index in [4.69, 9.17) is 4.98 Å². The molecule has 3 aliphatic rings. The molecule has 0 unspecified atom stereocenters. The molecule has 2 N–H and O–H groups in total. The molecule has 5 heteroatoms. The van der Waals surface area contributed by atoms with Crippen LogP contribution in [0.25, 0.3) is 0 Å². The van der Waals surface area contributed by atoms with Gasteiger partial charge in [-0.3, -0.25) is 0 Å². The second kappa shape index (κ2) is 6.88. The maximum Gasteiger partial charge on any atom is 0.225 e. The SMILES string of the molecule is Cc1cc(N2C[C@H]3CC[C@H]2c2ccccc23)nc(N[C@H](CO)C(C)C)n1. The summed E-state index contributed by atoms with van der Waals surface area (Å²) in [7, 11) is 0. The van der Waals surface area contributed by atoms with Gasteiger partial charge in [-0.25, -0.2) is 4.98 Å². The number of aliphatic hydroxyl groups excluding tert-OH is 1. The fourth-order valence-corrected chi connectivity index (χ4v) is 4.34. The molecule has 0 amide bonds. The van der Waals surface area contributed by atoms with Crippen LogP contribution in [0.2, 0.25) is 0 Å². The van der Waals surface area contributed by atoms with Gasteiger partial charge in [0.15, 0.2) is 0 Å². The van der Waals surface area contributed by atoms with Gasteiger partial charge in [-0.05, 0) is 36.8 Å². The molecule has 1 aliphatic carbocycles. The summed E-state index contributed by atoms with van der Waals surface area (Å²) in [4.78, 5) is 11.8. The number of nitrogens with one attached hydrogen (secondary N) is 1. The smallest absolute Gasteiger partial charge is 0.225 e. The number of aromatic nitrogens is 2. The van der Waals surface area contributed by atoms with Crippen molar-refractivity contribution in [3.05, 3.63) is 47.2 Å². The second-order valence-electron chi connectivity index (χ2n) is 7.94. The highest BCUT2D eigenvalue weighted by molar-refractivity contribution is 5.53. The lowest BCUT2D eigenvalue weighted by molar-refractivity contribution is 0.248. The zero-order valence-corrected chi connectivity index (χ0v) is 15.8. The van der Waals surface area contributed by atoms with Gasteiger partial charge in [-0.15, -0.1) is 0 Å². The molecule has 1 fully saturated rings. The molecule has 26 heavy (non-hydrogen) atoms. The zero-order valence-electron chi connectivity index (χ0n) is 15.8. The number of nitrogens with zero attached hydrogens (tertiary/aromatic N) is 3. The number of aliphatic hydroxyl groups is 1. The Kier molecular flexibility index (Phi) is 4.57. The van der Waals surface area contributed by atoms with Gasteiger partial charge in [0.25, 0.3) is 0 Å².